The molecule has 0 atom stereocenters. The molecule has 10 heteroatoms. The molecule has 39 heavy (non-hydrogen) atoms. The minimum atomic E-state index is -0.554. The Hall–Kier alpha value is -4.73. The van der Waals surface area contributed by atoms with Crippen LogP contribution < -0.4 is 19.8 Å². The van der Waals surface area contributed by atoms with Crippen LogP contribution in [0, 0.1) is 17.0 Å². The molecule has 202 valence electrons. The first-order valence-corrected chi connectivity index (χ1v) is 12.4. The van der Waals surface area contributed by atoms with Gasteiger partial charge in [-0.25, -0.2) is 4.98 Å². The van der Waals surface area contributed by atoms with Crippen molar-refractivity contribution >= 4 is 22.8 Å². The van der Waals surface area contributed by atoms with Crippen LogP contribution >= 0.6 is 0 Å². The van der Waals surface area contributed by atoms with Gasteiger partial charge >= 0.3 is 5.69 Å². The molecule has 1 aromatic heterocycles. The highest BCUT2D eigenvalue weighted by Crippen LogP contribution is 2.38. The van der Waals surface area contributed by atoms with Gasteiger partial charge in [0.1, 0.15) is 5.75 Å². The van der Waals surface area contributed by atoms with Crippen LogP contribution in [0.5, 0.6) is 17.2 Å². The van der Waals surface area contributed by atoms with Gasteiger partial charge in [-0.15, -0.1) is 0 Å². The van der Waals surface area contributed by atoms with Gasteiger partial charge in [0.05, 0.1) is 42.9 Å². The molecule has 0 unspecified atom stereocenters. The van der Waals surface area contributed by atoms with Crippen molar-refractivity contribution in [3.05, 3.63) is 85.7 Å². The fourth-order valence-electron chi connectivity index (χ4n) is 4.38. The summed E-state index contributed by atoms with van der Waals surface area (Å²) in [4.78, 5) is 29.7. The van der Waals surface area contributed by atoms with Crippen LogP contribution in [0.15, 0.2) is 58.4 Å². The van der Waals surface area contributed by atoms with Crippen LogP contribution in [-0.4, -0.2) is 41.6 Å². The summed E-state index contributed by atoms with van der Waals surface area (Å²) in [5.74, 6) is 1.45. The van der Waals surface area contributed by atoms with E-state index in [1.54, 1.807) is 38.3 Å². The van der Waals surface area contributed by atoms with Crippen LogP contribution in [0.3, 0.4) is 0 Å². The average molecular weight is 531 g/mol. The van der Waals surface area contributed by atoms with Crippen LogP contribution in [-0.2, 0) is 0 Å². The average Bonchev–Trinajstić information content (AvgIpc) is 2.92. The lowest BCUT2D eigenvalue weighted by atomic mass is 9.96. The van der Waals surface area contributed by atoms with E-state index in [0.717, 1.165) is 22.4 Å². The topological polar surface area (TPSA) is 118 Å². The summed E-state index contributed by atoms with van der Waals surface area (Å²) in [6, 6.07) is 13.8. The molecule has 1 heterocycles. The van der Waals surface area contributed by atoms with Crippen LogP contribution in [0.2, 0.25) is 0 Å². The van der Waals surface area contributed by atoms with E-state index < -0.39 is 4.92 Å². The monoisotopic (exact) mass is 530 g/mol. The van der Waals surface area contributed by atoms with Crippen molar-refractivity contribution in [1.82, 2.24) is 9.66 Å². The Labute approximate surface area is 225 Å². The Balaban J connectivity index is 1.98. The zero-order chi connectivity index (χ0) is 28.3. The van der Waals surface area contributed by atoms with Crippen molar-refractivity contribution in [2.75, 3.05) is 20.8 Å². The molecule has 0 aliphatic heterocycles. The molecule has 0 amide bonds. The number of rotatable bonds is 9. The number of methoxy groups -OCH3 is 2. The lowest BCUT2D eigenvalue weighted by Crippen LogP contribution is -2.21. The van der Waals surface area contributed by atoms with E-state index in [4.69, 9.17) is 19.2 Å². The Kier molecular flexibility index (Phi) is 7.94. The number of para-hydroxylation sites is 1. The van der Waals surface area contributed by atoms with Crippen LogP contribution in [0.4, 0.5) is 5.69 Å². The molecule has 0 N–H and O–H groups in total. The van der Waals surface area contributed by atoms with Gasteiger partial charge in [-0.1, -0.05) is 26.0 Å². The molecule has 0 spiro atoms. The number of hydrogen-bond donors (Lipinski definition) is 0. The zero-order valence-electron chi connectivity index (χ0n) is 22.7. The first kappa shape index (κ1) is 27.3. The van der Waals surface area contributed by atoms with Gasteiger partial charge in [0.2, 0.25) is 5.75 Å². The number of benzene rings is 3. The molecule has 3 aromatic carbocycles. The second-order valence-corrected chi connectivity index (χ2v) is 9.14. The fraction of sp³-hybridized carbons (Fsp3) is 0.276. The smallest absolute Gasteiger partial charge is 0.315 e. The van der Waals surface area contributed by atoms with Gasteiger partial charge in [-0.3, -0.25) is 14.9 Å². The Morgan fingerprint density at radius 1 is 1.10 bits per heavy atom. The second kappa shape index (κ2) is 11.3. The molecule has 0 saturated carbocycles. The standard InChI is InChI=1S/C29H30N4O6/c1-7-39-26-14-19(13-24(33(35)36)27(26)38-6)16-30-32-28(31-23-11-9-8-10-20(23)29(32)34)22-15-21(17(2)3)25(37-5)12-18(22)4/h8-17H,7H2,1-6H3. The van der Waals surface area contributed by atoms with E-state index in [-0.39, 0.29) is 35.3 Å². The molecular weight excluding hydrogens is 500 g/mol. The molecule has 4 aromatic rings. The molecular formula is C29H30N4O6. The number of nitro groups is 1. The predicted molar refractivity (Wildman–Crippen MR) is 151 cm³/mol. The third kappa shape index (κ3) is 5.31. The summed E-state index contributed by atoms with van der Waals surface area (Å²) >= 11 is 0. The quantitative estimate of drug-likeness (QED) is 0.155. The highest BCUT2D eigenvalue weighted by Gasteiger charge is 2.22. The molecule has 0 bridgehead atoms. The SMILES string of the molecule is CCOc1cc(C=Nn2c(-c3cc(C(C)C)c(OC)cc3C)nc3ccccc3c2=O)cc([N+](=O)[O-])c1OC. The maximum absolute atomic E-state index is 13.7. The maximum Gasteiger partial charge on any atom is 0.315 e. The van der Waals surface area contributed by atoms with E-state index >= 15 is 0 Å². The van der Waals surface area contributed by atoms with Gasteiger partial charge in [0.15, 0.2) is 11.6 Å². The lowest BCUT2D eigenvalue weighted by molar-refractivity contribution is -0.385. The van der Waals surface area contributed by atoms with Gasteiger partial charge < -0.3 is 14.2 Å². The summed E-state index contributed by atoms with van der Waals surface area (Å²) in [5, 5.41) is 16.6. The molecule has 10 nitrogen and oxygen atoms in total. The third-order valence-corrected chi connectivity index (χ3v) is 6.27. The number of ether oxygens (including phenoxy) is 3. The Bertz CT molecular complexity index is 1640. The summed E-state index contributed by atoms with van der Waals surface area (Å²) in [5.41, 5.74) is 2.76. The van der Waals surface area contributed by atoms with Crippen molar-refractivity contribution in [1.29, 1.82) is 0 Å². The fourth-order valence-corrected chi connectivity index (χ4v) is 4.38. The number of hydrogen-bond acceptors (Lipinski definition) is 8. The Morgan fingerprint density at radius 3 is 2.49 bits per heavy atom. The molecule has 0 aliphatic rings. The normalized spacial score (nSPS) is 11.4. The van der Waals surface area contributed by atoms with E-state index in [9.17, 15) is 14.9 Å². The van der Waals surface area contributed by atoms with E-state index in [0.29, 0.717) is 22.3 Å². The van der Waals surface area contributed by atoms with Crippen molar-refractivity contribution in [2.45, 2.75) is 33.6 Å². The molecule has 0 saturated heterocycles. The van der Waals surface area contributed by atoms with E-state index in [1.807, 2.05) is 25.1 Å². The number of nitro benzene ring substituents is 1. The minimum absolute atomic E-state index is 0.0132. The van der Waals surface area contributed by atoms with Gasteiger partial charge in [0.25, 0.3) is 5.56 Å². The highest BCUT2D eigenvalue weighted by molar-refractivity contribution is 5.84. The lowest BCUT2D eigenvalue weighted by Gasteiger charge is -2.17. The largest absolute Gasteiger partial charge is 0.496 e. The van der Waals surface area contributed by atoms with Gasteiger partial charge in [-0.05, 0) is 61.2 Å². The van der Waals surface area contributed by atoms with Crippen molar-refractivity contribution in [2.24, 2.45) is 5.10 Å². The van der Waals surface area contributed by atoms with Crippen molar-refractivity contribution in [3.63, 3.8) is 0 Å². The number of fused-ring (bicyclic) bond motifs is 1. The third-order valence-electron chi connectivity index (χ3n) is 6.27. The predicted octanol–water partition coefficient (Wildman–Crippen LogP) is 5.70. The number of aryl methyl sites for hydroxylation is 1. The molecule has 0 radical (unpaired) electrons. The molecule has 0 aliphatic carbocycles. The Morgan fingerprint density at radius 2 is 1.85 bits per heavy atom. The van der Waals surface area contributed by atoms with E-state index in [1.165, 1.54) is 24.1 Å². The van der Waals surface area contributed by atoms with Gasteiger partial charge in [-0.2, -0.15) is 9.78 Å². The van der Waals surface area contributed by atoms with Crippen molar-refractivity contribution < 1.29 is 19.1 Å². The highest BCUT2D eigenvalue weighted by atomic mass is 16.6. The molecule has 4 rings (SSSR count). The summed E-state index contributed by atoms with van der Waals surface area (Å²) in [7, 11) is 2.97. The van der Waals surface area contributed by atoms with Crippen LogP contribution in [0.25, 0.3) is 22.3 Å². The summed E-state index contributed by atoms with van der Waals surface area (Å²) < 4.78 is 17.6. The zero-order valence-corrected chi connectivity index (χ0v) is 22.7. The van der Waals surface area contributed by atoms with Crippen molar-refractivity contribution in [3.8, 4) is 28.6 Å². The minimum Gasteiger partial charge on any atom is -0.496 e. The molecule has 0 fully saturated rings. The first-order chi connectivity index (χ1) is 18.7. The maximum atomic E-state index is 13.7. The van der Waals surface area contributed by atoms with Gasteiger partial charge in [0, 0.05) is 17.2 Å². The number of aromatic nitrogens is 2. The van der Waals surface area contributed by atoms with Crippen LogP contribution in [0.1, 0.15) is 43.4 Å². The summed E-state index contributed by atoms with van der Waals surface area (Å²) in [6.45, 7) is 8.08. The van der Waals surface area contributed by atoms with E-state index in [2.05, 4.69) is 18.9 Å². The summed E-state index contributed by atoms with van der Waals surface area (Å²) in [6.07, 6.45) is 1.37. The second-order valence-electron chi connectivity index (χ2n) is 9.14. The number of nitrogens with zero attached hydrogens (tertiary/aromatic N) is 4. The first-order valence-electron chi connectivity index (χ1n) is 12.4.